The number of aromatic nitrogens is 1. The number of carbonyl (C=O) groups is 1. The third-order valence-electron chi connectivity index (χ3n) is 5.74. The van der Waals surface area contributed by atoms with E-state index in [4.69, 9.17) is 4.74 Å². The maximum absolute atomic E-state index is 12.7. The third kappa shape index (κ3) is 3.37. The van der Waals surface area contributed by atoms with Crippen LogP contribution in [-0.2, 0) is 22.4 Å². The van der Waals surface area contributed by atoms with E-state index in [0.717, 1.165) is 58.2 Å². The first-order chi connectivity index (χ1) is 11.7. The zero-order valence-electron chi connectivity index (χ0n) is 14.4. The predicted octanol–water partition coefficient (Wildman–Crippen LogP) is 2.01. The number of piperidine rings is 1. The van der Waals surface area contributed by atoms with Gasteiger partial charge in [0.2, 0.25) is 5.91 Å². The van der Waals surface area contributed by atoms with Crippen LogP contribution in [0.3, 0.4) is 0 Å². The molecule has 1 aromatic heterocycles. The van der Waals surface area contributed by atoms with Crippen molar-refractivity contribution < 1.29 is 9.53 Å². The van der Waals surface area contributed by atoms with Crippen molar-refractivity contribution in [3.8, 4) is 0 Å². The molecule has 6 heteroatoms. The van der Waals surface area contributed by atoms with Crippen molar-refractivity contribution in [1.82, 2.24) is 15.2 Å². The number of fused-ring (bicyclic) bond motifs is 1. The molecule has 0 radical (unpaired) electrons. The molecule has 1 aromatic rings. The number of likely N-dealkylation sites (tertiary alicyclic amines) is 1. The van der Waals surface area contributed by atoms with Crippen molar-refractivity contribution in [2.24, 2.45) is 5.92 Å². The molecule has 4 rings (SSSR count). The van der Waals surface area contributed by atoms with Crippen LogP contribution in [0.4, 0.5) is 0 Å². The molecular formula is C18H27N3O2S. The fourth-order valence-corrected chi connectivity index (χ4v) is 5.23. The molecule has 0 spiro atoms. The first kappa shape index (κ1) is 16.5. The van der Waals surface area contributed by atoms with Gasteiger partial charge in [0, 0.05) is 37.5 Å². The Bertz CT molecular complexity index is 571. The van der Waals surface area contributed by atoms with Gasteiger partial charge >= 0.3 is 0 Å². The molecule has 132 valence electrons. The van der Waals surface area contributed by atoms with E-state index in [9.17, 15) is 4.79 Å². The Morgan fingerprint density at radius 3 is 2.96 bits per heavy atom. The van der Waals surface area contributed by atoms with Gasteiger partial charge in [-0.1, -0.05) is 6.92 Å². The Morgan fingerprint density at radius 1 is 1.42 bits per heavy atom. The van der Waals surface area contributed by atoms with Gasteiger partial charge < -0.3 is 15.0 Å². The number of nitrogens with one attached hydrogen (secondary N) is 1. The number of thiazole rings is 1. The van der Waals surface area contributed by atoms with Gasteiger partial charge in [-0.25, -0.2) is 4.98 Å². The Kier molecular flexibility index (Phi) is 4.88. The molecule has 0 unspecified atom stereocenters. The van der Waals surface area contributed by atoms with Crippen LogP contribution in [0.25, 0.3) is 0 Å². The number of rotatable bonds is 4. The number of aryl methyl sites for hydroxylation is 1. The highest BCUT2D eigenvalue weighted by Gasteiger charge is 2.42. The quantitative estimate of drug-likeness (QED) is 0.903. The fourth-order valence-electron chi connectivity index (χ4n) is 4.23. The maximum Gasteiger partial charge on any atom is 0.239 e. The van der Waals surface area contributed by atoms with Crippen LogP contribution < -0.4 is 5.32 Å². The Morgan fingerprint density at radius 2 is 2.25 bits per heavy atom. The van der Waals surface area contributed by atoms with Crippen molar-refractivity contribution in [2.75, 3.05) is 19.7 Å². The van der Waals surface area contributed by atoms with E-state index in [1.807, 2.05) is 0 Å². The summed E-state index contributed by atoms with van der Waals surface area (Å²) in [4.78, 5) is 19.5. The molecule has 1 N–H and O–H groups in total. The lowest BCUT2D eigenvalue weighted by Gasteiger charge is -2.33. The second kappa shape index (κ2) is 7.10. The summed E-state index contributed by atoms with van der Waals surface area (Å²) in [6, 6.07) is 0.372. The van der Waals surface area contributed by atoms with Crippen LogP contribution in [0.2, 0.25) is 0 Å². The standard InChI is InChI=1S/C18H27N3O2S/c1-2-13-11-24-17(19-13)9-12-3-6-21(7-4-12)18(22)15-10-16-14(20-15)5-8-23-16/h11-12,14-16,20H,2-10H2,1H3/t14-,15-,16-/m0/s1. The molecule has 3 fully saturated rings. The number of carbonyl (C=O) groups excluding carboxylic acids is 1. The van der Waals surface area contributed by atoms with E-state index < -0.39 is 0 Å². The van der Waals surface area contributed by atoms with E-state index in [0.29, 0.717) is 12.0 Å². The topological polar surface area (TPSA) is 54.5 Å². The number of nitrogens with zero attached hydrogens (tertiary/aromatic N) is 2. The average Bonchev–Trinajstić information content (AvgIpc) is 3.30. The molecule has 1 amide bonds. The van der Waals surface area contributed by atoms with E-state index >= 15 is 0 Å². The van der Waals surface area contributed by atoms with Crippen LogP contribution in [0, 0.1) is 5.92 Å². The monoisotopic (exact) mass is 349 g/mol. The molecular weight excluding hydrogens is 322 g/mol. The molecule has 0 bridgehead atoms. The minimum absolute atomic E-state index is 0.0251. The van der Waals surface area contributed by atoms with Crippen LogP contribution in [0.5, 0.6) is 0 Å². The number of hydrogen-bond donors (Lipinski definition) is 1. The predicted molar refractivity (Wildman–Crippen MR) is 94.2 cm³/mol. The normalized spacial score (nSPS) is 30.7. The average molecular weight is 350 g/mol. The van der Waals surface area contributed by atoms with E-state index in [-0.39, 0.29) is 18.1 Å². The van der Waals surface area contributed by atoms with Crippen molar-refractivity contribution in [2.45, 2.75) is 63.6 Å². The van der Waals surface area contributed by atoms with Crippen molar-refractivity contribution in [3.63, 3.8) is 0 Å². The molecule has 4 heterocycles. The molecule has 0 aromatic carbocycles. The maximum atomic E-state index is 12.7. The summed E-state index contributed by atoms with van der Waals surface area (Å²) in [5.41, 5.74) is 1.21. The molecule has 0 aliphatic carbocycles. The van der Waals surface area contributed by atoms with Crippen LogP contribution in [0.1, 0.15) is 43.3 Å². The van der Waals surface area contributed by atoms with E-state index in [1.165, 1.54) is 10.7 Å². The van der Waals surface area contributed by atoms with Gasteiger partial charge in [-0.2, -0.15) is 0 Å². The van der Waals surface area contributed by atoms with Gasteiger partial charge in [-0.05, 0) is 38.0 Å². The molecule has 3 aliphatic heterocycles. The molecule has 0 saturated carbocycles. The Balaban J connectivity index is 1.26. The minimum atomic E-state index is -0.0251. The molecule has 3 atom stereocenters. The van der Waals surface area contributed by atoms with Gasteiger partial charge in [0.1, 0.15) is 0 Å². The number of amides is 1. The fraction of sp³-hybridized carbons (Fsp3) is 0.778. The summed E-state index contributed by atoms with van der Waals surface area (Å²) in [7, 11) is 0. The zero-order valence-corrected chi connectivity index (χ0v) is 15.2. The summed E-state index contributed by atoms with van der Waals surface area (Å²) in [5, 5.41) is 6.93. The van der Waals surface area contributed by atoms with Gasteiger partial charge in [-0.15, -0.1) is 11.3 Å². The summed E-state index contributed by atoms with van der Waals surface area (Å²) < 4.78 is 5.70. The molecule has 3 aliphatic rings. The summed E-state index contributed by atoms with van der Waals surface area (Å²) in [6.45, 7) is 4.78. The second-order valence-electron chi connectivity index (χ2n) is 7.32. The first-order valence-electron chi connectivity index (χ1n) is 9.32. The number of ether oxygens (including phenoxy) is 1. The van der Waals surface area contributed by atoms with Crippen LogP contribution >= 0.6 is 11.3 Å². The van der Waals surface area contributed by atoms with Crippen molar-refractivity contribution in [3.05, 3.63) is 16.1 Å². The molecule has 5 nitrogen and oxygen atoms in total. The summed E-state index contributed by atoms with van der Waals surface area (Å²) >= 11 is 1.79. The van der Waals surface area contributed by atoms with Gasteiger partial charge in [0.05, 0.1) is 22.8 Å². The lowest BCUT2D eigenvalue weighted by Crippen LogP contribution is -2.48. The largest absolute Gasteiger partial charge is 0.376 e. The van der Waals surface area contributed by atoms with Gasteiger partial charge in [0.15, 0.2) is 0 Å². The minimum Gasteiger partial charge on any atom is -0.376 e. The van der Waals surface area contributed by atoms with Crippen molar-refractivity contribution >= 4 is 17.2 Å². The van der Waals surface area contributed by atoms with Crippen LogP contribution in [-0.4, -0.2) is 53.7 Å². The summed E-state index contributed by atoms with van der Waals surface area (Å²) in [5.74, 6) is 0.957. The van der Waals surface area contributed by atoms with E-state index in [1.54, 1.807) is 11.3 Å². The first-order valence-corrected chi connectivity index (χ1v) is 10.2. The highest BCUT2D eigenvalue weighted by atomic mass is 32.1. The van der Waals surface area contributed by atoms with Gasteiger partial charge in [0.25, 0.3) is 0 Å². The summed E-state index contributed by atoms with van der Waals surface area (Å²) in [6.07, 6.45) is 6.45. The smallest absolute Gasteiger partial charge is 0.239 e. The SMILES string of the molecule is CCc1csc(CC2CCN(C(=O)[C@@H]3C[C@@H]4OCC[C@@H]4N3)CC2)n1. The third-order valence-corrected chi connectivity index (χ3v) is 6.66. The lowest BCUT2D eigenvalue weighted by atomic mass is 9.93. The lowest BCUT2D eigenvalue weighted by molar-refractivity contribution is -0.134. The Hall–Kier alpha value is -0.980. The van der Waals surface area contributed by atoms with Crippen LogP contribution in [0.15, 0.2) is 5.38 Å². The molecule has 24 heavy (non-hydrogen) atoms. The molecule has 3 saturated heterocycles. The highest BCUT2D eigenvalue weighted by Crippen LogP contribution is 2.28. The van der Waals surface area contributed by atoms with Crippen molar-refractivity contribution in [1.29, 1.82) is 0 Å². The second-order valence-corrected chi connectivity index (χ2v) is 8.26. The van der Waals surface area contributed by atoms with Gasteiger partial charge in [-0.3, -0.25) is 4.79 Å². The number of hydrogen-bond acceptors (Lipinski definition) is 5. The zero-order chi connectivity index (χ0) is 16.5. The Labute approximate surface area is 147 Å². The highest BCUT2D eigenvalue weighted by molar-refractivity contribution is 7.09. The van der Waals surface area contributed by atoms with E-state index in [2.05, 4.69) is 27.5 Å².